The zero-order valence-corrected chi connectivity index (χ0v) is 10.6. The van der Waals surface area contributed by atoms with Crippen molar-refractivity contribution in [1.29, 1.82) is 0 Å². The van der Waals surface area contributed by atoms with Crippen LogP contribution in [0.5, 0.6) is 11.5 Å². The number of benzene rings is 1. The lowest BCUT2D eigenvalue weighted by molar-refractivity contribution is 0.388. The van der Waals surface area contributed by atoms with Crippen LogP contribution in [-0.2, 0) is 10.1 Å². The van der Waals surface area contributed by atoms with Gasteiger partial charge in [-0.05, 0) is 18.6 Å². The first kappa shape index (κ1) is 13.8. The highest BCUT2D eigenvalue weighted by Crippen LogP contribution is 2.28. The van der Waals surface area contributed by atoms with Crippen LogP contribution in [0.4, 0.5) is 4.39 Å². The zero-order chi connectivity index (χ0) is 12.9. The van der Waals surface area contributed by atoms with Crippen LogP contribution in [0.15, 0.2) is 18.2 Å². The van der Waals surface area contributed by atoms with E-state index in [1.54, 1.807) is 0 Å². The van der Waals surface area contributed by atoms with Crippen molar-refractivity contribution in [3.8, 4) is 11.5 Å². The highest BCUT2D eigenvalue weighted by molar-refractivity contribution is 7.87. The van der Waals surface area contributed by atoms with E-state index >= 15 is 0 Å². The van der Waals surface area contributed by atoms with E-state index in [1.807, 2.05) is 6.92 Å². The molecule has 0 unspecified atom stereocenters. The average molecular weight is 262 g/mol. The number of ether oxygens (including phenoxy) is 1. The van der Waals surface area contributed by atoms with Gasteiger partial charge in [0.15, 0.2) is 11.5 Å². The Labute approximate surface area is 100 Å². The lowest BCUT2D eigenvalue weighted by Gasteiger charge is -2.10. The Morgan fingerprint density at radius 2 is 2.00 bits per heavy atom. The molecule has 0 bridgehead atoms. The number of methoxy groups -OCH3 is 1. The summed E-state index contributed by atoms with van der Waals surface area (Å²) in [5.74, 6) is -0.607. The second-order valence-electron chi connectivity index (χ2n) is 3.49. The quantitative estimate of drug-likeness (QED) is 0.738. The Balaban J connectivity index is 2.90. The molecule has 96 valence electrons. The van der Waals surface area contributed by atoms with E-state index in [0.717, 1.165) is 12.5 Å². The number of hydrogen-bond donors (Lipinski definition) is 0. The van der Waals surface area contributed by atoms with Crippen LogP contribution in [0.1, 0.15) is 19.8 Å². The molecular formula is C11H15FO4S. The van der Waals surface area contributed by atoms with Gasteiger partial charge < -0.3 is 8.92 Å². The molecule has 6 heteroatoms. The maximum Gasteiger partial charge on any atom is 0.309 e. The van der Waals surface area contributed by atoms with Crippen molar-refractivity contribution in [3.05, 3.63) is 24.0 Å². The third-order valence-corrected chi connectivity index (χ3v) is 3.31. The second-order valence-corrected chi connectivity index (χ2v) is 5.18. The summed E-state index contributed by atoms with van der Waals surface area (Å²) in [6.07, 6.45) is 1.24. The fourth-order valence-electron chi connectivity index (χ4n) is 1.22. The van der Waals surface area contributed by atoms with Crippen molar-refractivity contribution in [2.75, 3.05) is 12.9 Å². The molecule has 4 nitrogen and oxygen atoms in total. The van der Waals surface area contributed by atoms with E-state index < -0.39 is 15.9 Å². The van der Waals surface area contributed by atoms with Crippen molar-refractivity contribution >= 4 is 10.1 Å². The van der Waals surface area contributed by atoms with Gasteiger partial charge >= 0.3 is 10.1 Å². The van der Waals surface area contributed by atoms with Crippen LogP contribution in [-0.4, -0.2) is 21.3 Å². The summed E-state index contributed by atoms with van der Waals surface area (Å²) in [7, 11) is -2.33. The molecular weight excluding hydrogens is 247 g/mol. The van der Waals surface area contributed by atoms with E-state index in [4.69, 9.17) is 8.92 Å². The molecule has 1 rings (SSSR count). The van der Waals surface area contributed by atoms with Crippen LogP contribution < -0.4 is 8.92 Å². The van der Waals surface area contributed by atoms with Gasteiger partial charge in [0.2, 0.25) is 0 Å². The number of unbranched alkanes of at least 4 members (excludes halogenated alkanes) is 1. The zero-order valence-electron chi connectivity index (χ0n) is 9.77. The van der Waals surface area contributed by atoms with Gasteiger partial charge in [-0.3, -0.25) is 0 Å². The Morgan fingerprint density at radius 1 is 1.29 bits per heavy atom. The molecule has 0 spiro atoms. The van der Waals surface area contributed by atoms with E-state index in [0.29, 0.717) is 6.42 Å². The van der Waals surface area contributed by atoms with Crippen LogP contribution in [0.3, 0.4) is 0 Å². The Morgan fingerprint density at radius 3 is 2.59 bits per heavy atom. The van der Waals surface area contributed by atoms with Gasteiger partial charge in [0.05, 0.1) is 12.9 Å². The molecule has 0 aromatic heterocycles. The van der Waals surface area contributed by atoms with Gasteiger partial charge in [-0.1, -0.05) is 13.3 Å². The van der Waals surface area contributed by atoms with Gasteiger partial charge in [-0.2, -0.15) is 8.42 Å². The Kier molecular flexibility index (Phi) is 4.74. The third-order valence-electron chi connectivity index (χ3n) is 2.09. The summed E-state index contributed by atoms with van der Waals surface area (Å²) in [6.45, 7) is 1.87. The van der Waals surface area contributed by atoms with Gasteiger partial charge in [0, 0.05) is 6.07 Å². The smallest absolute Gasteiger partial charge is 0.309 e. The van der Waals surface area contributed by atoms with E-state index in [2.05, 4.69) is 0 Å². The van der Waals surface area contributed by atoms with Crippen molar-refractivity contribution in [1.82, 2.24) is 0 Å². The standard InChI is InChI=1S/C11H15FO4S/c1-3-4-7-17(13,14)16-11-8-9(12)5-6-10(11)15-2/h5-6,8H,3-4,7H2,1-2H3. The van der Waals surface area contributed by atoms with Crippen molar-refractivity contribution in [2.24, 2.45) is 0 Å². The van der Waals surface area contributed by atoms with Gasteiger partial charge in [0.1, 0.15) is 5.82 Å². The molecule has 1 aromatic rings. The van der Waals surface area contributed by atoms with E-state index in [1.165, 1.54) is 19.2 Å². The summed E-state index contributed by atoms with van der Waals surface area (Å²) in [4.78, 5) is 0. The highest BCUT2D eigenvalue weighted by atomic mass is 32.2. The summed E-state index contributed by atoms with van der Waals surface area (Å²) >= 11 is 0. The summed E-state index contributed by atoms with van der Waals surface area (Å²) in [5.41, 5.74) is 0. The average Bonchev–Trinajstić information content (AvgIpc) is 2.26. The lowest BCUT2D eigenvalue weighted by atomic mass is 10.3. The molecule has 1 aromatic carbocycles. The van der Waals surface area contributed by atoms with Crippen molar-refractivity contribution < 1.29 is 21.7 Å². The third kappa shape index (κ3) is 4.22. The minimum Gasteiger partial charge on any atom is -0.493 e. The van der Waals surface area contributed by atoms with Crippen molar-refractivity contribution in [3.63, 3.8) is 0 Å². The Hall–Kier alpha value is -1.30. The van der Waals surface area contributed by atoms with Crippen LogP contribution in [0.2, 0.25) is 0 Å². The topological polar surface area (TPSA) is 52.6 Å². The fraction of sp³-hybridized carbons (Fsp3) is 0.455. The second kappa shape index (κ2) is 5.86. The van der Waals surface area contributed by atoms with Crippen LogP contribution in [0, 0.1) is 5.82 Å². The van der Waals surface area contributed by atoms with E-state index in [9.17, 15) is 12.8 Å². The first-order valence-corrected chi connectivity index (χ1v) is 6.82. The monoisotopic (exact) mass is 262 g/mol. The maximum absolute atomic E-state index is 13.0. The molecule has 0 fully saturated rings. The predicted octanol–water partition coefficient (Wildman–Crippen LogP) is 2.34. The minimum absolute atomic E-state index is 0.0941. The SMILES string of the molecule is CCCCS(=O)(=O)Oc1cc(F)ccc1OC. The van der Waals surface area contributed by atoms with Crippen LogP contribution >= 0.6 is 0 Å². The fourth-order valence-corrected chi connectivity index (χ4v) is 2.34. The first-order valence-electron chi connectivity index (χ1n) is 5.24. The molecule has 0 saturated carbocycles. The molecule has 0 radical (unpaired) electrons. The van der Waals surface area contributed by atoms with Gasteiger partial charge in [0.25, 0.3) is 0 Å². The normalized spacial score (nSPS) is 11.2. The molecule has 0 amide bonds. The summed E-state index contributed by atoms with van der Waals surface area (Å²) in [5, 5.41) is 0. The number of hydrogen-bond acceptors (Lipinski definition) is 4. The van der Waals surface area contributed by atoms with Gasteiger partial charge in [-0.25, -0.2) is 4.39 Å². The number of rotatable bonds is 6. The van der Waals surface area contributed by atoms with Crippen molar-refractivity contribution in [2.45, 2.75) is 19.8 Å². The molecule has 0 saturated heterocycles. The lowest BCUT2D eigenvalue weighted by Crippen LogP contribution is -2.14. The highest BCUT2D eigenvalue weighted by Gasteiger charge is 2.16. The molecule has 0 aliphatic heterocycles. The largest absolute Gasteiger partial charge is 0.493 e. The maximum atomic E-state index is 13.0. The number of halogens is 1. The Bertz CT molecular complexity index is 470. The summed E-state index contributed by atoms with van der Waals surface area (Å²) in [6, 6.07) is 3.48. The molecule has 0 atom stereocenters. The van der Waals surface area contributed by atoms with Crippen LogP contribution in [0.25, 0.3) is 0 Å². The molecule has 0 aliphatic carbocycles. The predicted molar refractivity (Wildman–Crippen MR) is 62.3 cm³/mol. The molecule has 0 N–H and O–H groups in total. The first-order chi connectivity index (χ1) is 7.98. The molecule has 17 heavy (non-hydrogen) atoms. The van der Waals surface area contributed by atoms with Gasteiger partial charge in [-0.15, -0.1) is 0 Å². The minimum atomic E-state index is -3.69. The van der Waals surface area contributed by atoms with E-state index in [-0.39, 0.29) is 17.3 Å². The molecule has 0 aliphatic rings. The molecule has 0 heterocycles. The summed E-state index contributed by atoms with van der Waals surface area (Å²) < 4.78 is 45.8.